The molecule has 0 aliphatic rings. The molecule has 59 valence electrons. The third-order valence-corrected chi connectivity index (χ3v) is 2.85. The summed E-state index contributed by atoms with van der Waals surface area (Å²) in [6, 6.07) is 12.7. The van der Waals surface area contributed by atoms with Crippen molar-refractivity contribution in [2.45, 2.75) is 6.92 Å². The van der Waals surface area contributed by atoms with E-state index in [9.17, 15) is 0 Å². The molecule has 2 aromatic rings. The molecule has 0 nitrogen and oxygen atoms in total. The van der Waals surface area contributed by atoms with Gasteiger partial charge in [-0.15, -0.1) is 0 Å². The number of hydrogen-bond donors (Lipinski definition) is 0. The van der Waals surface area contributed by atoms with Gasteiger partial charge in [0.15, 0.2) is 0 Å². The fourth-order valence-corrected chi connectivity index (χ4v) is 1.94. The van der Waals surface area contributed by atoms with Gasteiger partial charge in [-0.3, -0.25) is 0 Å². The minimum atomic E-state index is 1.23. The molecule has 0 spiro atoms. The van der Waals surface area contributed by atoms with Gasteiger partial charge in [0.05, 0.1) is 0 Å². The van der Waals surface area contributed by atoms with Crippen LogP contribution in [-0.4, -0.2) is 16.0 Å². The first-order valence-electron chi connectivity index (χ1n) is 3.94. The molecule has 0 saturated heterocycles. The monoisotopic (exact) mass is 221 g/mol. The molecule has 2 aromatic carbocycles. The molecule has 0 heterocycles. The van der Waals surface area contributed by atoms with E-state index < -0.39 is 0 Å². The number of rotatable bonds is 0. The van der Waals surface area contributed by atoms with Crippen molar-refractivity contribution in [1.82, 2.24) is 0 Å². The standard InChI is InChI=1S/C11H9Se/c1-8-6-7-11(12)10-5-3-2-4-9(8)10/h2-7H,1H3. The zero-order valence-electron chi connectivity index (χ0n) is 6.87. The summed E-state index contributed by atoms with van der Waals surface area (Å²) in [7, 11) is 0. The van der Waals surface area contributed by atoms with Crippen LogP contribution >= 0.6 is 0 Å². The van der Waals surface area contributed by atoms with Gasteiger partial charge in [0.25, 0.3) is 0 Å². The average molecular weight is 220 g/mol. The number of benzene rings is 2. The fraction of sp³-hybridized carbons (Fsp3) is 0.0909. The molecule has 0 amide bonds. The van der Waals surface area contributed by atoms with E-state index in [1.165, 1.54) is 20.8 Å². The van der Waals surface area contributed by atoms with Crippen LogP contribution in [0.25, 0.3) is 10.8 Å². The Hall–Kier alpha value is -0.781. The maximum atomic E-state index is 3.07. The fourth-order valence-electron chi connectivity index (χ4n) is 1.42. The predicted octanol–water partition coefficient (Wildman–Crippen LogP) is 1.94. The average Bonchev–Trinajstić information content (AvgIpc) is 2.12. The first kappa shape index (κ1) is 7.85. The molecule has 12 heavy (non-hydrogen) atoms. The van der Waals surface area contributed by atoms with Crippen molar-refractivity contribution in [2.24, 2.45) is 0 Å². The summed E-state index contributed by atoms with van der Waals surface area (Å²) < 4.78 is 1.23. The number of hydrogen-bond acceptors (Lipinski definition) is 0. The van der Waals surface area contributed by atoms with Crippen LogP contribution in [0, 0.1) is 6.92 Å². The third kappa shape index (κ3) is 1.16. The molecular weight excluding hydrogens is 211 g/mol. The first-order chi connectivity index (χ1) is 5.79. The molecule has 0 N–H and O–H groups in total. The van der Waals surface area contributed by atoms with Gasteiger partial charge in [-0.05, 0) is 0 Å². The Kier molecular flexibility index (Phi) is 1.92. The van der Waals surface area contributed by atoms with Gasteiger partial charge in [-0.2, -0.15) is 0 Å². The van der Waals surface area contributed by atoms with E-state index in [0.29, 0.717) is 0 Å². The molecule has 0 fully saturated rings. The van der Waals surface area contributed by atoms with Crippen molar-refractivity contribution in [2.75, 3.05) is 0 Å². The molecule has 0 saturated carbocycles. The van der Waals surface area contributed by atoms with Crippen LogP contribution in [0.3, 0.4) is 0 Å². The topological polar surface area (TPSA) is 0 Å². The zero-order chi connectivity index (χ0) is 8.55. The predicted molar refractivity (Wildman–Crippen MR) is 54.1 cm³/mol. The van der Waals surface area contributed by atoms with Gasteiger partial charge in [-0.1, -0.05) is 0 Å². The van der Waals surface area contributed by atoms with Crippen molar-refractivity contribution in [1.29, 1.82) is 0 Å². The molecule has 1 radical (unpaired) electrons. The van der Waals surface area contributed by atoms with Gasteiger partial charge in [0.1, 0.15) is 0 Å². The van der Waals surface area contributed by atoms with Gasteiger partial charge in [0.2, 0.25) is 0 Å². The summed E-state index contributed by atoms with van der Waals surface area (Å²) in [5.41, 5.74) is 1.34. The summed E-state index contributed by atoms with van der Waals surface area (Å²) >= 11 is 3.07. The maximum absolute atomic E-state index is 3.07. The SMILES string of the molecule is Cc1ccc([Se])c2ccccc12. The van der Waals surface area contributed by atoms with Gasteiger partial charge >= 0.3 is 80.1 Å². The van der Waals surface area contributed by atoms with Crippen molar-refractivity contribution < 1.29 is 0 Å². The molecule has 0 bridgehead atoms. The second-order valence-electron chi connectivity index (χ2n) is 2.93. The second-order valence-corrected chi connectivity index (χ2v) is 3.85. The molecule has 0 aliphatic carbocycles. The zero-order valence-corrected chi connectivity index (χ0v) is 8.59. The summed E-state index contributed by atoms with van der Waals surface area (Å²) in [6.45, 7) is 2.14. The summed E-state index contributed by atoms with van der Waals surface area (Å²) in [6.07, 6.45) is 0. The Balaban J connectivity index is 2.95. The summed E-state index contributed by atoms with van der Waals surface area (Å²) in [5, 5.41) is 2.66. The van der Waals surface area contributed by atoms with Crippen LogP contribution in [0.15, 0.2) is 36.4 Å². The third-order valence-electron chi connectivity index (χ3n) is 2.10. The van der Waals surface area contributed by atoms with Crippen LogP contribution in [0.2, 0.25) is 0 Å². The number of aryl methyl sites for hydroxylation is 1. The van der Waals surface area contributed by atoms with Crippen LogP contribution in [-0.2, 0) is 0 Å². The minimum absolute atomic E-state index is 1.23. The van der Waals surface area contributed by atoms with Gasteiger partial charge in [-0.25, -0.2) is 0 Å². The Morgan fingerprint density at radius 1 is 0.917 bits per heavy atom. The quantitative estimate of drug-likeness (QED) is 0.595. The summed E-state index contributed by atoms with van der Waals surface area (Å²) in [4.78, 5) is 0. The van der Waals surface area contributed by atoms with Gasteiger partial charge in [0, 0.05) is 0 Å². The van der Waals surface area contributed by atoms with E-state index in [-0.39, 0.29) is 0 Å². The van der Waals surface area contributed by atoms with Crippen molar-refractivity contribution in [3.63, 3.8) is 0 Å². The molecule has 0 atom stereocenters. The molecule has 0 aliphatic heterocycles. The van der Waals surface area contributed by atoms with E-state index in [2.05, 4.69) is 59.3 Å². The number of fused-ring (bicyclic) bond motifs is 1. The van der Waals surface area contributed by atoms with Crippen LogP contribution in [0.4, 0.5) is 0 Å². The van der Waals surface area contributed by atoms with E-state index >= 15 is 0 Å². The molecule has 2 rings (SSSR count). The molecule has 0 unspecified atom stereocenters. The van der Waals surface area contributed by atoms with E-state index in [1.54, 1.807) is 0 Å². The van der Waals surface area contributed by atoms with E-state index in [4.69, 9.17) is 0 Å². The van der Waals surface area contributed by atoms with Crippen LogP contribution < -0.4 is 4.46 Å². The molecule has 1 heteroatoms. The Morgan fingerprint density at radius 3 is 2.25 bits per heavy atom. The molecule has 0 aromatic heterocycles. The Morgan fingerprint density at radius 2 is 1.58 bits per heavy atom. The Bertz CT molecular complexity index is 378. The first-order valence-corrected chi connectivity index (χ1v) is 4.80. The molecular formula is C11H9Se. The van der Waals surface area contributed by atoms with E-state index in [1.807, 2.05) is 0 Å². The van der Waals surface area contributed by atoms with Crippen LogP contribution in [0.5, 0.6) is 0 Å². The van der Waals surface area contributed by atoms with Crippen LogP contribution in [0.1, 0.15) is 5.56 Å². The van der Waals surface area contributed by atoms with Crippen molar-refractivity contribution in [3.8, 4) is 0 Å². The van der Waals surface area contributed by atoms with Gasteiger partial charge < -0.3 is 0 Å². The Labute approximate surface area is 80.4 Å². The van der Waals surface area contributed by atoms with Crippen molar-refractivity contribution >= 4 is 31.2 Å². The van der Waals surface area contributed by atoms with Crippen molar-refractivity contribution in [3.05, 3.63) is 42.0 Å². The summed E-state index contributed by atoms with van der Waals surface area (Å²) in [5.74, 6) is 0. The second kappa shape index (κ2) is 2.93. The van der Waals surface area contributed by atoms with E-state index in [0.717, 1.165) is 0 Å². The normalized spacial score (nSPS) is 10.4.